The van der Waals surface area contributed by atoms with Crippen molar-refractivity contribution in [2.75, 3.05) is 13.7 Å². The first-order valence-electron chi connectivity index (χ1n) is 7.86. The molecule has 8 nitrogen and oxygen atoms in total. The smallest absolute Gasteiger partial charge is 0.330 e. The van der Waals surface area contributed by atoms with Gasteiger partial charge in [0.2, 0.25) is 5.91 Å². The van der Waals surface area contributed by atoms with Crippen molar-refractivity contribution in [3.8, 4) is 0 Å². The summed E-state index contributed by atoms with van der Waals surface area (Å²) < 4.78 is 10.4. The molecule has 0 bridgehead atoms. The highest BCUT2D eigenvalue weighted by molar-refractivity contribution is 5.89. The maximum absolute atomic E-state index is 11.9. The Balaban J connectivity index is 2.57. The molecule has 1 saturated carbocycles. The number of carboxylic acid groups (broad SMARTS) is 1. The quantitative estimate of drug-likeness (QED) is 0.509. The number of methoxy groups -OCH3 is 1. The molecule has 4 N–H and O–H groups in total. The van der Waals surface area contributed by atoms with Gasteiger partial charge in [-0.15, -0.1) is 0 Å². The molecule has 0 aromatic heterocycles. The third-order valence-corrected chi connectivity index (χ3v) is 4.12. The summed E-state index contributed by atoms with van der Waals surface area (Å²) in [6, 6.07) is -2.22. The maximum Gasteiger partial charge on any atom is 0.330 e. The van der Waals surface area contributed by atoms with Gasteiger partial charge in [-0.2, -0.15) is 0 Å². The first-order valence-corrected chi connectivity index (χ1v) is 7.86. The van der Waals surface area contributed by atoms with Crippen LogP contribution < -0.4 is 11.1 Å². The van der Waals surface area contributed by atoms with Crippen LogP contribution in [0.3, 0.4) is 0 Å². The summed E-state index contributed by atoms with van der Waals surface area (Å²) in [5, 5.41) is 11.1. The van der Waals surface area contributed by atoms with Gasteiger partial charge in [0, 0.05) is 0 Å². The van der Waals surface area contributed by atoms with Crippen LogP contribution in [0.2, 0.25) is 0 Å². The predicted octanol–water partition coefficient (Wildman–Crippen LogP) is 0.0415. The van der Waals surface area contributed by atoms with Crippen molar-refractivity contribution in [3.63, 3.8) is 0 Å². The van der Waals surface area contributed by atoms with E-state index in [0.717, 1.165) is 25.7 Å². The molecule has 0 aromatic rings. The van der Waals surface area contributed by atoms with Crippen molar-refractivity contribution in [3.05, 3.63) is 0 Å². The lowest BCUT2D eigenvalue weighted by atomic mass is 10.0. The number of carbonyl (C=O) groups excluding carboxylic acids is 2. The lowest BCUT2D eigenvalue weighted by molar-refractivity contribution is -0.148. The predicted molar refractivity (Wildman–Crippen MR) is 81.5 cm³/mol. The third-order valence-electron chi connectivity index (χ3n) is 4.12. The first-order chi connectivity index (χ1) is 10.9. The molecule has 0 saturated heterocycles. The molecule has 1 amide bonds. The number of nitrogens with two attached hydrogens (primary N) is 1. The zero-order chi connectivity index (χ0) is 17.4. The van der Waals surface area contributed by atoms with Gasteiger partial charge in [-0.25, -0.2) is 4.79 Å². The van der Waals surface area contributed by atoms with Crippen molar-refractivity contribution in [2.24, 2.45) is 11.7 Å². The number of carbonyl (C=O) groups is 3. The number of carboxylic acids is 1. The van der Waals surface area contributed by atoms with E-state index in [9.17, 15) is 14.4 Å². The van der Waals surface area contributed by atoms with E-state index in [-0.39, 0.29) is 12.7 Å². The van der Waals surface area contributed by atoms with Gasteiger partial charge in [0.25, 0.3) is 0 Å². The molecule has 1 fully saturated rings. The Morgan fingerprint density at radius 3 is 2.61 bits per heavy atom. The fourth-order valence-electron chi connectivity index (χ4n) is 2.78. The number of aliphatic carboxylic acids is 1. The molecule has 0 aromatic carbocycles. The van der Waals surface area contributed by atoms with Crippen LogP contribution in [0, 0.1) is 5.92 Å². The highest BCUT2D eigenvalue weighted by Crippen LogP contribution is 2.30. The normalized spacial score (nSPS) is 23.1. The van der Waals surface area contributed by atoms with Crippen molar-refractivity contribution in [1.29, 1.82) is 0 Å². The van der Waals surface area contributed by atoms with Gasteiger partial charge in [-0.3, -0.25) is 9.59 Å². The molecule has 0 aliphatic heterocycles. The second-order valence-corrected chi connectivity index (χ2v) is 5.76. The summed E-state index contributed by atoms with van der Waals surface area (Å²) in [4.78, 5) is 34.2. The standard InChI is InChI=1S/C15H26N2O6/c1-3-9-5-4-6-12(9)23-8-11(15(21)22-2)17-14(20)10(16)7-13(18)19/h9-12H,3-8,16H2,1-2H3,(H,17,20)(H,18,19)/t9?,10-,11-,12?/m0/s1. The van der Waals surface area contributed by atoms with Crippen molar-refractivity contribution in [1.82, 2.24) is 5.32 Å². The maximum atomic E-state index is 11.9. The monoisotopic (exact) mass is 330 g/mol. The number of hydrogen-bond acceptors (Lipinski definition) is 6. The summed E-state index contributed by atoms with van der Waals surface area (Å²) in [5.74, 6) is -2.09. The second kappa shape index (κ2) is 9.46. The highest BCUT2D eigenvalue weighted by Gasteiger charge is 2.30. The molecular weight excluding hydrogens is 304 g/mol. The molecule has 2 unspecified atom stereocenters. The molecule has 4 atom stereocenters. The SMILES string of the molecule is CCC1CCCC1OC[C@H](NC(=O)[C@@H](N)CC(=O)O)C(=O)OC. The summed E-state index contributed by atoms with van der Waals surface area (Å²) in [6.07, 6.45) is 3.67. The minimum absolute atomic E-state index is 0.0145. The minimum atomic E-state index is -1.23. The van der Waals surface area contributed by atoms with Crippen LogP contribution in [0.25, 0.3) is 0 Å². The Bertz CT molecular complexity index is 428. The Labute approximate surface area is 135 Å². The largest absolute Gasteiger partial charge is 0.481 e. The van der Waals surface area contributed by atoms with E-state index < -0.39 is 36.4 Å². The minimum Gasteiger partial charge on any atom is -0.481 e. The van der Waals surface area contributed by atoms with Gasteiger partial charge in [0.15, 0.2) is 6.04 Å². The average molecular weight is 330 g/mol. The van der Waals surface area contributed by atoms with Crippen LogP contribution in [-0.4, -0.2) is 54.9 Å². The molecular formula is C15H26N2O6. The van der Waals surface area contributed by atoms with E-state index >= 15 is 0 Å². The van der Waals surface area contributed by atoms with Gasteiger partial charge in [0.05, 0.1) is 32.3 Å². The van der Waals surface area contributed by atoms with Crippen LogP contribution in [0.15, 0.2) is 0 Å². The van der Waals surface area contributed by atoms with E-state index in [1.807, 2.05) is 0 Å². The number of amides is 1. The van der Waals surface area contributed by atoms with Gasteiger partial charge < -0.3 is 25.6 Å². The summed E-state index contributed by atoms with van der Waals surface area (Å²) >= 11 is 0. The number of ether oxygens (including phenoxy) is 2. The van der Waals surface area contributed by atoms with E-state index in [2.05, 4.69) is 17.0 Å². The number of nitrogens with one attached hydrogen (secondary N) is 1. The molecule has 1 rings (SSSR count). The fraction of sp³-hybridized carbons (Fsp3) is 0.800. The molecule has 23 heavy (non-hydrogen) atoms. The van der Waals surface area contributed by atoms with E-state index in [1.165, 1.54) is 7.11 Å². The average Bonchev–Trinajstić information content (AvgIpc) is 2.97. The first kappa shape index (κ1) is 19.4. The third kappa shape index (κ3) is 6.15. The van der Waals surface area contributed by atoms with Crippen LogP contribution >= 0.6 is 0 Å². The van der Waals surface area contributed by atoms with E-state index in [1.54, 1.807) is 0 Å². The Kier molecular flexibility index (Phi) is 7.97. The Morgan fingerprint density at radius 1 is 1.35 bits per heavy atom. The van der Waals surface area contributed by atoms with Crippen molar-refractivity contribution < 1.29 is 29.0 Å². The summed E-state index contributed by atoms with van der Waals surface area (Å²) in [6.45, 7) is 2.08. The lowest BCUT2D eigenvalue weighted by Gasteiger charge is -2.23. The molecule has 0 spiro atoms. The van der Waals surface area contributed by atoms with Crippen LogP contribution in [-0.2, 0) is 23.9 Å². The van der Waals surface area contributed by atoms with Crippen LogP contribution in [0.5, 0.6) is 0 Å². The van der Waals surface area contributed by atoms with Gasteiger partial charge >= 0.3 is 11.9 Å². The van der Waals surface area contributed by atoms with Crippen LogP contribution in [0.1, 0.15) is 39.0 Å². The van der Waals surface area contributed by atoms with Crippen LogP contribution in [0.4, 0.5) is 0 Å². The van der Waals surface area contributed by atoms with Gasteiger partial charge in [0.1, 0.15) is 0 Å². The molecule has 1 aliphatic carbocycles. The topological polar surface area (TPSA) is 128 Å². The lowest BCUT2D eigenvalue weighted by Crippen LogP contribution is -2.51. The number of esters is 1. The zero-order valence-electron chi connectivity index (χ0n) is 13.6. The molecule has 1 aliphatic rings. The van der Waals surface area contributed by atoms with E-state index in [4.69, 9.17) is 15.6 Å². The Morgan fingerprint density at radius 2 is 2.04 bits per heavy atom. The number of rotatable bonds is 9. The van der Waals surface area contributed by atoms with Gasteiger partial charge in [-0.05, 0) is 18.8 Å². The van der Waals surface area contributed by atoms with Crippen molar-refractivity contribution in [2.45, 2.75) is 57.2 Å². The molecule has 0 heterocycles. The van der Waals surface area contributed by atoms with Crippen molar-refractivity contribution >= 4 is 17.8 Å². The zero-order valence-corrected chi connectivity index (χ0v) is 13.6. The molecule has 8 heteroatoms. The highest BCUT2D eigenvalue weighted by atomic mass is 16.5. The fourth-order valence-corrected chi connectivity index (χ4v) is 2.78. The second-order valence-electron chi connectivity index (χ2n) is 5.76. The molecule has 132 valence electrons. The number of hydrogen-bond donors (Lipinski definition) is 3. The summed E-state index contributed by atoms with van der Waals surface area (Å²) in [7, 11) is 1.21. The molecule has 0 radical (unpaired) electrons. The Hall–Kier alpha value is -1.67. The van der Waals surface area contributed by atoms with E-state index in [0.29, 0.717) is 5.92 Å². The van der Waals surface area contributed by atoms with Gasteiger partial charge in [-0.1, -0.05) is 19.8 Å². The summed E-state index contributed by atoms with van der Waals surface area (Å²) in [5.41, 5.74) is 5.48.